The molecule has 2 atom stereocenters. The van der Waals surface area contributed by atoms with Gasteiger partial charge in [0.15, 0.2) is 5.03 Å². The number of nitrogens with one attached hydrogen (secondary N) is 1. The third-order valence-electron chi connectivity index (χ3n) is 3.61. The first kappa shape index (κ1) is 14.8. The summed E-state index contributed by atoms with van der Waals surface area (Å²) in [5, 5.41) is 0.295. The Hall–Kier alpha value is -0.590. The van der Waals surface area contributed by atoms with E-state index in [1.165, 1.54) is 0 Å². The molecule has 0 radical (unpaired) electrons. The van der Waals surface area contributed by atoms with Gasteiger partial charge >= 0.3 is 0 Å². The van der Waals surface area contributed by atoms with Gasteiger partial charge in [0.1, 0.15) is 5.82 Å². The Balaban J connectivity index is 2.01. The van der Waals surface area contributed by atoms with E-state index in [9.17, 15) is 8.42 Å². The molecule has 19 heavy (non-hydrogen) atoms. The molecule has 1 saturated carbocycles. The second-order valence-corrected chi connectivity index (χ2v) is 7.37. The molecule has 0 aromatic carbocycles. The SMILES string of the molecule is CCn1cc(S(=O)(=O)NCC2CCC(Cl)C2)nc1C. The van der Waals surface area contributed by atoms with Gasteiger partial charge in [0, 0.05) is 24.7 Å². The predicted octanol–water partition coefficient (Wildman–Crippen LogP) is 1.90. The number of alkyl halides is 1. The zero-order valence-electron chi connectivity index (χ0n) is 11.3. The fourth-order valence-corrected chi connectivity index (χ4v) is 3.93. The molecule has 0 saturated heterocycles. The first-order valence-electron chi connectivity index (χ1n) is 6.60. The van der Waals surface area contributed by atoms with Crippen LogP contribution in [0.1, 0.15) is 32.0 Å². The number of aryl methyl sites for hydroxylation is 2. The van der Waals surface area contributed by atoms with Crippen LogP contribution in [-0.4, -0.2) is 29.9 Å². The van der Waals surface area contributed by atoms with Crippen LogP contribution in [0.3, 0.4) is 0 Å². The smallest absolute Gasteiger partial charge is 0.259 e. The zero-order valence-corrected chi connectivity index (χ0v) is 12.8. The average Bonchev–Trinajstić information content (AvgIpc) is 2.93. The Labute approximate surface area is 119 Å². The Morgan fingerprint density at radius 1 is 1.53 bits per heavy atom. The fraction of sp³-hybridized carbons (Fsp3) is 0.750. The topological polar surface area (TPSA) is 64.0 Å². The monoisotopic (exact) mass is 305 g/mol. The van der Waals surface area contributed by atoms with Crippen molar-refractivity contribution in [3.05, 3.63) is 12.0 Å². The van der Waals surface area contributed by atoms with Crippen LogP contribution in [-0.2, 0) is 16.6 Å². The van der Waals surface area contributed by atoms with E-state index in [4.69, 9.17) is 11.6 Å². The molecule has 1 aliphatic rings. The van der Waals surface area contributed by atoms with Crippen molar-refractivity contribution in [2.45, 2.75) is 50.1 Å². The van der Waals surface area contributed by atoms with Gasteiger partial charge in [-0.1, -0.05) is 0 Å². The Bertz CT molecular complexity index is 541. The van der Waals surface area contributed by atoms with Crippen LogP contribution in [0.2, 0.25) is 0 Å². The van der Waals surface area contributed by atoms with Crippen LogP contribution >= 0.6 is 11.6 Å². The number of sulfonamides is 1. The number of hydrogen-bond acceptors (Lipinski definition) is 3. The van der Waals surface area contributed by atoms with E-state index < -0.39 is 10.0 Å². The first-order chi connectivity index (χ1) is 8.92. The molecule has 108 valence electrons. The lowest BCUT2D eigenvalue weighted by Crippen LogP contribution is -2.29. The minimum Gasteiger partial charge on any atom is -0.334 e. The summed E-state index contributed by atoms with van der Waals surface area (Å²) in [5.74, 6) is 1.05. The molecular formula is C12H20ClN3O2S. The van der Waals surface area contributed by atoms with Crippen LogP contribution in [0.15, 0.2) is 11.2 Å². The standard InChI is InChI=1S/C12H20ClN3O2S/c1-3-16-8-12(15-9(16)2)19(17,18)14-7-10-4-5-11(13)6-10/h8,10-11,14H,3-7H2,1-2H3. The van der Waals surface area contributed by atoms with Crippen molar-refractivity contribution in [3.8, 4) is 0 Å². The first-order valence-corrected chi connectivity index (χ1v) is 8.52. The number of rotatable bonds is 5. The molecular weight excluding hydrogens is 286 g/mol. The van der Waals surface area contributed by atoms with Crippen molar-refractivity contribution in [1.29, 1.82) is 0 Å². The summed E-state index contributed by atoms with van der Waals surface area (Å²) < 4.78 is 28.7. The highest BCUT2D eigenvalue weighted by Gasteiger charge is 2.25. The average molecular weight is 306 g/mol. The van der Waals surface area contributed by atoms with Crippen molar-refractivity contribution >= 4 is 21.6 Å². The van der Waals surface area contributed by atoms with Gasteiger partial charge in [-0.25, -0.2) is 18.1 Å². The minimum atomic E-state index is -3.50. The molecule has 0 bridgehead atoms. The van der Waals surface area contributed by atoms with Crippen LogP contribution in [0, 0.1) is 12.8 Å². The van der Waals surface area contributed by atoms with E-state index in [1.54, 1.807) is 13.1 Å². The third-order valence-corrected chi connectivity index (χ3v) is 5.30. The molecule has 5 nitrogen and oxygen atoms in total. The number of nitrogens with zero attached hydrogens (tertiary/aromatic N) is 2. The maximum absolute atomic E-state index is 12.1. The maximum Gasteiger partial charge on any atom is 0.259 e. The molecule has 2 unspecified atom stereocenters. The molecule has 0 aliphatic heterocycles. The van der Waals surface area contributed by atoms with Gasteiger partial charge in [0.25, 0.3) is 10.0 Å². The number of imidazole rings is 1. The summed E-state index contributed by atoms with van der Waals surface area (Å²) in [6.07, 6.45) is 4.42. The van der Waals surface area contributed by atoms with E-state index in [-0.39, 0.29) is 10.4 Å². The highest BCUT2D eigenvalue weighted by atomic mass is 35.5. The van der Waals surface area contributed by atoms with E-state index in [0.29, 0.717) is 24.8 Å². The van der Waals surface area contributed by atoms with Gasteiger partial charge in [-0.15, -0.1) is 11.6 Å². The minimum absolute atomic E-state index is 0.104. The highest BCUT2D eigenvalue weighted by molar-refractivity contribution is 7.89. The lowest BCUT2D eigenvalue weighted by molar-refractivity contribution is 0.518. The number of halogens is 1. The lowest BCUT2D eigenvalue weighted by Gasteiger charge is -2.09. The molecule has 0 amide bonds. The summed E-state index contributed by atoms with van der Waals surface area (Å²) in [7, 11) is -3.50. The van der Waals surface area contributed by atoms with Gasteiger partial charge in [0.2, 0.25) is 0 Å². The highest BCUT2D eigenvalue weighted by Crippen LogP contribution is 2.29. The van der Waals surface area contributed by atoms with E-state index in [1.807, 2.05) is 11.5 Å². The van der Waals surface area contributed by atoms with Gasteiger partial charge in [-0.2, -0.15) is 0 Å². The van der Waals surface area contributed by atoms with Crippen molar-refractivity contribution in [2.75, 3.05) is 6.54 Å². The normalized spacial score (nSPS) is 23.9. The Kier molecular flexibility index (Phi) is 4.53. The summed E-state index contributed by atoms with van der Waals surface area (Å²) in [5.41, 5.74) is 0. The van der Waals surface area contributed by atoms with Crippen LogP contribution in [0.5, 0.6) is 0 Å². The second-order valence-electron chi connectivity index (χ2n) is 5.04. The molecule has 0 spiro atoms. The molecule has 2 rings (SSSR count). The molecule has 1 aromatic rings. The van der Waals surface area contributed by atoms with Crippen molar-refractivity contribution in [2.24, 2.45) is 5.92 Å². The molecule has 1 aromatic heterocycles. The second kappa shape index (κ2) is 5.81. The largest absolute Gasteiger partial charge is 0.334 e. The lowest BCUT2D eigenvalue weighted by atomic mass is 10.1. The predicted molar refractivity (Wildman–Crippen MR) is 74.8 cm³/mol. The molecule has 1 heterocycles. The van der Waals surface area contributed by atoms with Crippen molar-refractivity contribution in [3.63, 3.8) is 0 Å². The maximum atomic E-state index is 12.1. The van der Waals surface area contributed by atoms with E-state index >= 15 is 0 Å². The van der Waals surface area contributed by atoms with Crippen LogP contribution < -0.4 is 4.72 Å². The van der Waals surface area contributed by atoms with E-state index in [2.05, 4.69) is 9.71 Å². The van der Waals surface area contributed by atoms with Gasteiger partial charge < -0.3 is 4.57 Å². The van der Waals surface area contributed by atoms with Crippen LogP contribution in [0.4, 0.5) is 0 Å². The van der Waals surface area contributed by atoms with Crippen LogP contribution in [0.25, 0.3) is 0 Å². The quantitative estimate of drug-likeness (QED) is 0.845. The van der Waals surface area contributed by atoms with Gasteiger partial charge in [-0.05, 0) is 39.0 Å². The summed E-state index contributed by atoms with van der Waals surface area (Å²) in [6.45, 7) is 4.92. The molecule has 1 fully saturated rings. The zero-order chi connectivity index (χ0) is 14.0. The molecule has 7 heteroatoms. The van der Waals surface area contributed by atoms with Gasteiger partial charge in [0.05, 0.1) is 0 Å². The summed E-state index contributed by atoms with van der Waals surface area (Å²) >= 11 is 6.02. The van der Waals surface area contributed by atoms with Crippen molar-refractivity contribution in [1.82, 2.24) is 14.3 Å². The Morgan fingerprint density at radius 3 is 2.79 bits per heavy atom. The molecule has 1 N–H and O–H groups in total. The molecule has 1 aliphatic carbocycles. The fourth-order valence-electron chi connectivity index (χ4n) is 2.43. The summed E-state index contributed by atoms with van der Waals surface area (Å²) in [4.78, 5) is 4.10. The van der Waals surface area contributed by atoms with Crippen molar-refractivity contribution < 1.29 is 8.42 Å². The summed E-state index contributed by atoms with van der Waals surface area (Å²) in [6, 6.07) is 0. The van der Waals surface area contributed by atoms with Gasteiger partial charge in [-0.3, -0.25) is 0 Å². The third kappa shape index (κ3) is 3.49. The number of aromatic nitrogens is 2. The number of hydrogen-bond donors (Lipinski definition) is 1. The van der Waals surface area contributed by atoms with E-state index in [0.717, 1.165) is 19.3 Å². The Morgan fingerprint density at radius 2 is 2.26 bits per heavy atom.